The molecule has 2 fully saturated rings. The van der Waals surface area contributed by atoms with Crippen LogP contribution in [-0.2, 0) is 21.4 Å². The monoisotopic (exact) mass is 391 g/mol. The van der Waals surface area contributed by atoms with Crippen molar-refractivity contribution in [3.63, 3.8) is 0 Å². The molecular weight excluding hydrogens is 374 g/mol. The largest absolute Gasteiger partial charge is 0.327 e. The van der Waals surface area contributed by atoms with Crippen LogP contribution in [0.25, 0.3) is 0 Å². The van der Waals surface area contributed by atoms with Crippen molar-refractivity contribution in [3.8, 4) is 0 Å². The number of hydrogen-bond donors (Lipinski definition) is 0. The van der Waals surface area contributed by atoms with Gasteiger partial charge in [0.1, 0.15) is 10.3 Å². The molecule has 2 aliphatic rings. The lowest BCUT2D eigenvalue weighted by molar-refractivity contribution is -0.129. The van der Waals surface area contributed by atoms with Crippen LogP contribution in [0.1, 0.15) is 5.56 Å². The van der Waals surface area contributed by atoms with E-state index in [9.17, 15) is 18.0 Å². The summed E-state index contributed by atoms with van der Waals surface area (Å²) in [5.74, 6) is -0.343. The second-order valence-electron chi connectivity index (χ2n) is 6.20. The summed E-state index contributed by atoms with van der Waals surface area (Å²) in [7, 11) is -3.63. The van der Waals surface area contributed by atoms with Crippen molar-refractivity contribution in [2.75, 3.05) is 19.6 Å². The van der Waals surface area contributed by atoms with Crippen molar-refractivity contribution in [1.29, 1.82) is 0 Å². The number of carbonyl (C=O) groups is 2. The van der Waals surface area contributed by atoms with E-state index >= 15 is 0 Å². The Morgan fingerprint density at radius 3 is 2.50 bits per heavy atom. The van der Waals surface area contributed by atoms with Gasteiger partial charge in [0.2, 0.25) is 0 Å². The van der Waals surface area contributed by atoms with Gasteiger partial charge in [0.05, 0.1) is 6.54 Å². The minimum atomic E-state index is -3.63. The summed E-state index contributed by atoms with van der Waals surface area (Å²) in [4.78, 5) is 28.1. The number of sulfonamides is 1. The number of carbonyl (C=O) groups excluding carboxylic acids is 2. The van der Waals surface area contributed by atoms with Gasteiger partial charge < -0.3 is 4.90 Å². The van der Waals surface area contributed by atoms with Crippen LogP contribution in [0.3, 0.4) is 0 Å². The van der Waals surface area contributed by atoms with E-state index in [-0.39, 0.29) is 42.3 Å². The summed E-state index contributed by atoms with van der Waals surface area (Å²) in [5.41, 5.74) is 0.858. The van der Waals surface area contributed by atoms with Gasteiger partial charge in [0, 0.05) is 19.6 Å². The molecule has 7 nitrogen and oxygen atoms in total. The fourth-order valence-electron chi connectivity index (χ4n) is 3.29. The van der Waals surface area contributed by atoms with Crippen molar-refractivity contribution in [2.24, 2.45) is 0 Å². The molecule has 2 saturated heterocycles. The number of imide groups is 1. The van der Waals surface area contributed by atoms with Crippen molar-refractivity contribution in [3.05, 3.63) is 53.4 Å². The predicted molar refractivity (Wildman–Crippen MR) is 96.0 cm³/mol. The minimum Gasteiger partial charge on any atom is -0.310 e. The molecule has 26 heavy (non-hydrogen) atoms. The Hall–Kier alpha value is -2.23. The summed E-state index contributed by atoms with van der Waals surface area (Å²) < 4.78 is 27.0. The SMILES string of the molecule is O=C1C2CN(S(=O)(=O)c3cccs3)CCN2C(=O)N1Cc1ccccc1. The minimum absolute atomic E-state index is 0.00387. The number of nitrogens with zero attached hydrogens (tertiary/aromatic N) is 3. The zero-order valence-electron chi connectivity index (χ0n) is 13.8. The highest BCUT2D eigenvalue weighted by atomic mass is 32.2. The van der Waals surface area contributed by atoms with Crippen molar-refractivity contribution in [2.45, 2.75) is 16.8 Å². The number of piperazine rings is 1. The number of amides is 3. The number of benzene rings is 1. The normalized spacial score (nSPS) is 21.3. The zero-order valence-corrected chi connectivity index (χ0v) is 15.4. The standard InChI is InChI=1S/C17H17N3O4S2/c21-16-14-12-18(26(23,24)15-7-4-10-25-15)8-9-19(14)17(22)20(16)11-13-5-2-1-3-6-13/h1-7,10,14H,8-9,11-12H2. The summed E-state index contributed by atoms with van der Waals surface area (Å²) in [6.45, 7) is 0.597. The molecule has 2 aromatic rings. The summed E-state index contributed by atoms with van der Waals surface area (Å²) >= 11 is 1.15. The Kier molecular flexibility index (Phi) is 4.29. The maximum atomic E-state index is 12.8. The first-order valence-electron chi connectivity index (χ1n) is 8.18. The topological polar surface area (TPSA) is 78.0 Å². The van der Waals surface area contributed by atoms with E-state index in [0.29, 0.717) is 0 Å². The van der Waals surface area contributed by atoms with Gasteiger partial charge in [-0.2, -0.15) is 4.31 Å². The molecule has 3 heterocycles. The van der Waals surface area contributed by atoms with Crippen LogP contribution in [0.15, 0.2) is 52.1 Å². The highest BCUT2D eigenvalue weighted by Crippen LogP contribution is 2.28. The first kappa shape index (κ1) is 17.2. The number of urea groups is 1. The Bertz CT molecular complexity index is 928. The third-order valence-corrected chi connectivity index (χ3v) is 7.88. The highest BCUT2D eigenvalue weighted by molar-refractivity contribution is 7.91. The third kappa shape index (κ3) is 2.81. The number of rotatable bonds is 4. The molecule has 0 aliphatic carbocycles. The van der Waals surface area contributed by atoms with Crippen molar-refractivity contribution < 1.29 is 18.0 Å². The lowest BCUT2D eigenvalue weighted by atomic mass is 10.2. The molecule has 1 atom stereocenters. The van der Waals surface area contributed by atoms with Gasteiger partial charge in [-0.15, -0.1) is 11.3 Å². The highest BCUT2D eigenvalue weighted by Gasteiger charge is 2.49. The molecule has 1 unspecified atom stereocenters. The summed E-state index contributed by atoms with van der Waals surface area (Å²) in [6, 6.07) is 11.4. The van der Waals surface area contributed by atoms with E-state index < -0.39 is 16.1 Å². The van der Waals surface area contributed by atoms with E-state index in [1.165, 1.54) is 14.1 Å². The predicted octanol–water partition coefficient (Wildman–Crippen LogP) is 1.59. The molecule has 3 amide bonds. The quantitative estimate of drug-likeness (QED) is 0.742. The summed E-state index contributed by atoms with van der Waals surface area (Å²) in [6.07, 6.45) is 0. The Morgan fingerprint density at radius 1 is 1.04 bits per heavy atom. The van der Waals surface area contributed by atoms with Gasteiger partial charge in [0.25, 0.3) is 15.9 Å². The van der Waals surface area contributed by atoms with Crippen LogP contribution in [0, 0.1) is 0 Å². The summed E-state index contributed by atoms with van der Waals surface area (Å²) in [5, 5.41) is 1.70. The molecule has 0 bridgehead atoms. The van der Waals surface area contributed by atoms with E-state index in [1.54, 1.807) is 17.5 Å². The molecule has 0 N–H and O–H groups in total. The number of fused-ring (bicyclic) bond motifs is 1. The van der Waals surface area contributed by atoms with Gasteiger partial charge in [-0.1, -0.05) is 36.4 Å². The Labute approximate surface area is 155 Å². The maximum absolute atomic E-state index is 12.8. The second kappa shape index (κ2) is 6.49. The van der Waals surface area contributed by atoms with E-state index in [2.05, 4.69) is 0 Å². The van der Waals surface area contributed by atoms with Crippen LogP contribution in [0.4, 0.5) is 4.79 Å². The Balaban J connectivity index is 1.54. The van der Waals surface area contributed by atoms with E-state index in [0.717, 1.165) is 16.9 Å². The average Bonchev–Trinajstić information content (AvgIpc) is 3.27. The van der Waals surface area contributed by atoms with Crippen LogP contribution in [-0.4, -0.2) is 60.1 Å². The fraction of sp³-hybridized carbons (Fsp3) is 0.294. The van der Waals surface area contributed by atoms with Gasteiger partial charge in [-0.05, 0) is 17.0 Å². The smallest absolute Gasteiger partial charge is 0.310 e. The number of hydrogen-bond acceptors (Lipinski definition) is 5. The fourth-order valence-corrected chi connectivity index (χ4v) is 5.88. The van der Waals surface area contributed by atoms with Crippen molar-refractivity contribution >= 4 is 33.3 Å². The van der Waals surface area contributed by atoms with Gasteiger partial charge in [-0.25, -0.2) is 13.2 Å². The molecule has 136 valence electrons. The van der Waals surface area contributed by atoms with Crippen LogP contribution in [0.2, 0.25) is 0 Å². The molecular formula is C17H17N3O4S2. The molecule has 0 radical (unpaired) electrons. The first-order valence-corrected chi connectivity index (χ1v) is 10.5. The molecule has 1 aromatic heterocycles. The maximum Gasteiger partial charge on any atom is 0.327 e. The lowest BCUT2D eigenvalue weighted by Gasteiger charge is -2.34. The van der Waals surface area contributed by atoms with Gasteiger partial charge in [0.15, 0.2) is 0 Å². The molecule has 1 aromatic carbocycles. The first-order chi connectivity index (χ1) is 12.5. The Morgan fingerprint density at radius 2 is 1.81 bits per heavy atom. The van der Waals surface area contributed by atoms with Crippen molar-refractivity contribution in [1.82, 2.24) is 14.1 Å². The van der Waals surface area contributed by atoms with Gasteiger partial charge >= 0.3 is 6.03 Å². The number of thiophene rings is 1. The molecule has 9 heteroatoms. The van der Waals surface area contributed by atoms with Crippen LogP contribution >= 0.6 is 11.3 Å². The van der Waals surface area contributed by atoms with Crippen LogP contribution < -0.4 is 0 Å². The van der Waals surface area contributed by atoms with E-state index in [4.69, 9.17) is 0 Å². The zero-order chi connectivity index (χ0) is 18.3. The van der Waals surface area contributed by atoms with Crippen LogP contribution in [0.5, 0.6) is 0 Å². The van der Waals surface area contributed by atoms with E-state index in [1.807, 2.05) is 30.3 Å². The van der Waals surface area contributed by atoms with Gasteiger partial charge in [-0.3, -0.25) is 9.69 Å². The lowest BCUT2D eigenvalue weighted by Crippen LogP contribution is -2.54. The molecule has 2 aliphatic heterocycles. The second-order valence-corrected chi connectivity index (χ2v) is 9.31. The molecule has 0 saturated carbocycles. The third-order valence-electron chi connectivity index (χ3n) is 4.64. The molecule has 0 spiro atoms. The average molecular weight is 391 g/mol. The molecule has 4 rings (SSSR count).